The predicted molar refractivity (Wildman–Crippen MR) is 89.6 cm³/mol. The predicted octanol–water partition coefficient (Wildman–Crippen LogP) is 3.45. The van der Waals surface area contributed by atoms with Gasteiger partial charge in [-0.25, -0.2) is 0 Å². The van der Waals surface area contributed by atoms with Crippen LogP contribution in [-0.4, -0.2) is 30.3 Å². The Labute approximate surface area is 140 Å². The Morgan fingerprint density at radius 2 is 1.77 bits per heavy atom. The molecule has 0 saturated carbocycles. The lowest BCUT2D eigenvalue weighted by atomic mass is 10.0. The zero-order valence-corrected chi connectivity index (χ0v) is 15.1. The summed E-state index contributed by atoms with van der Waals surface area (Å²) in [4.78, 5) is 11.2. The van der Waals surface area contributed by atoms with Crippen LogP contribution in [0, 0.1) is 5.92 Å². The highest BCUT2D eigenvalue weighted by Gasteiger charge is 2.21. The first-order valence-electron chi connectivity index (χ1n) is 7.44. The van der Waals surface area contributed by atoms with Crippen LogP contribution in [0.25, 0.3) is 0 Å². The van der Waals surface area contributed by atoms with Gasteiger partial charge in [0.25, 0.3) is 0 Å². The number of benzene rings is 1. The topological polar surface area (TPSA) is 67.8 Å². The van der Waals surface area contributed by atoms with Gasteiger partial charge in [-0.05, 0) is 37.5 Å². The van der Waals surface area contributed by atoms with Crippen LogP contribution in [0.4, 0.5) is 0 Å². The van der Waals surface area contributed by atoms with E-state index in [9.17, 15) is 9.90 Å². The van der Waals surface area contributed by atoms with Crippen molar-refractivity contribution < 1.29 is 19.4 Å². The molecule has 1 rings (SSSR count). The number of aliphatic carboxylic acids is 1. The monoisotopic (exact) mass is 373 g/mol. The molecule has 6 heteroatoms. The summed E-state index contributed by atoms with van der Waals surface area (Å²) in [5.74, 6) is 0.506. The number of carbonyl (C=O) groups is 1. The van der Waals surface area contributed by atoms with Crippen molar-refractivity contribution in [1.29, 1.82) is 0 Å². The third-order valence-electron chi connectivity index (χ3n) is 3.16. The quantitative estimate of drug-likeness (QED) is 0.693. The lowest BCUT2D eigenvalue weighted by Crippen LogP contribution is -2.40. The van der Waals surface area contributed by atoms with Gasteiger partial charge in [0.15, 0.2) is 11.5 Å². The molecular formula is C16H24BrNO4. The van der Waals surface area contributed by atoms with Crippen molar-refractivity contribution in [3.8, 4) is 11.5 Å². The fourth-order valence-electron chi connectivity index (χ4n) is 2.08. The lowest BCUT2D eigenvalue weighted by Gasteiger charge is -2.19. The molecule has 0 spiro atoms. The molecule has 0 radical (unpaired) electrons. The molecule has 5 nitrogen and oxygen atoms in total. The summed E-state index contributed by atoms with van der Waals surface area (Å²) < 4.78 is 12.0. The average molecular weight is 374 g/mol. The number of carboxylic acid groups (broad SMARTS) is 1. The molecule has 124 valence electrons. The van der Waals surface area contributed by atoms with Gasteiger partial charge in [-0.3, -0.25) is 4.79 Å². The number of nitrogens with one attached hydrogen (secondary N) is 1. The highest BCUT2D eigenvalue weighted by Crippen LogP contribution is 2.34. The van der Waals surface area contributed by atoms with E-state index in [0.717, 1.165) is 10.0 Å². The van der Waals surface area contributed by atoms with Gasteiger partial charge >= 0.3 is 5.97 Å². The van der Waals surface area contributed by atoms with Gasteiger partial charge in [0, 0.05) is 11.0 Å². The van der Waals surface area contributed by atoms with Gasteiger partial charge < -0.3 is 19.9 Å². The molecule has 0 aliphatic rings. The zero-order chi connectivity index (χ0) is 16.7. The van der Waals surface area contributed by atoms with Gasteiger partial charge in [-0.2, -0.15) is 0 Å². The zero-order valence-electron chi connectivity index (χ0n) is 13.5. The minimum absolute atomic E-state index is 0.00494. The van der Waals surface area contributed by atoms with E-state index in [1.54, 1.807) is 0 Å². The van der Waals surface area contributed by atoms with E-state index in [-0.39, 0.29) is 5.92 Å². The number of rotatable bonds is 9. The van der Waals surface area contributed by atoms with Crippen molar-refractivity contribution in [3.63, 3.8) is 0 Å². The molecule has 0 saturated heterocycles. The molecule has 0 amide bonds. The molecule has 2 N–H and O–H groups in total. The summed E-state index contributed by atoms with van der Waals surface area (Å²) in [5, 5.41) is 12.3. The van der Waals surface area contributed by atoms with Crippen molar-refractivity contribution in [3.05, 3.63) is 22.2 Å². The standard InChI is InChI=1S/C16H24BrNO4/c1-5-21-13-7-11(12(17)8-14(13)22-6-2)9-18-15(10(3)4)16(19)20/h7-8,10,15,18H,5-6,9H2,1-4H3,(H,19,20). The SMILES string of the molecule is CCOc1cc(Br)c(CNC(C(=O)O)C(C)C)cc1OCC. The fourth-order valence-corrected chi connectivity index (χ4v) is 2.54. The second-order valence-electron chi connectivity index (χ2n) is 5.20. The van der Waals surface area contributed by atoms with E-state index in [0.29, 0.717) is 31.3 Å². The molecule has 0 heterocycles. The summed E-state index contributed by atoms with van der Waals surface area (Å²) in [6.45, 7) is 9.11. The Hall–Kier alpha value is -1.27. The largest absolute Gasteiger partial charge is 0.490 e. The van der Waals surface area contributed by atoms with Crippen LogP contribution in [0.3, 0.4) is 0 Å². The van der Waals surface area contributed by atoms with Gasteiger partial charge in [0.05, 0.1) is 13.2 Å². The fraction of sp³-hybridized carbons (Fsp3) is 0.562. The lowest BCUT2D eigenvalue weighted by molar-refractivity contribution is -0.140. The smallest absolute Gasteiger partial charge is 0.320 e. The number of carboxylic acids is 1. The Bertz CT molecular complexity index is 505. The van der Waals surface area contributed by atoms with E-state index in [4.69, 9.17) is 9.47 Å². The van der Waals surface area contributed by atoms with Gasteiger partial charge in [0.1, 0.15) is 6.04 Å². The van der Waals surface area contributed by atoms with Crippen molar-refractivity contribution >= 4 is 21.9 Å². The summed E-state index contributed by atoms with van der Waals surface area (Å²) >= 11 is 3.50. The summed E-state index contributed by atoms with van der Waals surface area (Å²) in [7, 11) is 0. The highest BCUT2D eigenvalue weighted by atomic mass is 79.9. The molecule has 0 aromatic heterocycles. The molecule has 1 atom stereocenters. The molecule has 22 heavy (non-hydrogen) atoms. The first-order chi connectivity index (χ1) is 10.4. The molecule has 0 bridgehead atoms. The van der Waals surface area contributed by atoms with E-state index in [2.05, 4.69) is 21.2 Å². The van der Waals surface area contributed by atoms with Crippen molar-refractivity contribution in [1.82, 2.24) is 5.32 Å². The Morgan fingerprint density at radius 3 is 2.23 bits per heavy atom. The first kappa shape index (κ1) is 18.8. The number of ether oxygens (including phenoxy) is 2. The van der Waals surface area contributed by atoms with E-state index in [1.807, 2.05) is 39.8 Å². The van der Waals surface area contributed by atoms with Gasteiger partial charge in [-0.1, -0.05) is 29.8 Å². The minimum Gasteiger partial charge on any atom is -0.490 e. The van der Waals surface area contributed by atoms with Crippen LogP contribution >= 0.6 is 15.9 Å². The van der Waals surface area contributed by atoms with Crippen LogP contribution in [0.2, 0.25) is 0 Å². The number of hydrogen-bond donors (Lipinski definition) is 2. The average Bonchev–Trinajstić information content (AvgIpc) is 2.43. The second-order valence-corrected chi connectivity index (χ2v) is 6.05. The van der Waals surface area contributed by atoms with Crippen LogP contribution in [0.15, 0.2) is 16.6 Å². The van der Waals surface area contributed by atoms with E-state index >= 15 is 0 Å². The first-order valence-corrected chi connectivity index (χ1v) is 8.24. The van der Waals surface area contributed by atoms with Crippen LogP contribution in [0.1, 0.15) is 33.3 Å². The van der Waals surface area contributed by atoms with Crippen LogP contribution < -0.4 is 14.8 Å². The number of halogens is 1. The van der Waals surface area contributed by atoms with Crippen LogP contribution in [-0.2, 0) is 11.3 Å². The Kier molecular flexibility index (Phi) is 7.68. The van der Waals surface area contributed by atoms with Crippen molar-refractivity contribution in [2.75, 3.05) is 13.2 Å². The van der Waals surface area contributed by atoms with Crippen molar-refractivity contribution in [2.45, 2.75) is 40.3 Å². The van der Waals surface area contributed by atoms with Gasteiger partial charge in [0.2, 0.25) is 0 Å². The maximum atomic E-state index is 11.2. The summed E-state index contributed by atoms with van der Waals surface area (Å²) in [6.07, 6.45) is 0. The normalized spacial score (nSPS) is 12.3. The van der Waals surface area contributed by atoms with E-state index in [1.165, 1.54) is 0 Å². The Balaban J connectivity index is 2.94. The molecule has 0 aliphatic heterocycles. The molecule has 1 aromatic rings. The summed E-state index contributed by atoms with van der Waals surface area (Å²) in [6, 6.07) is 3.15. The molecule has 1 unspecified atom stereocenters. The highest BCUT2D eigenvalue weighted by molar-refractivity contribution is 9.10. The molecule has 0 aliphatic carbocycles. The molecule has 1 aromatic carbocycles. The number of hydrogen-bond acceptors (Lipinski definition) is 4. The Morgan fingerprint density at radius 1 is 1.23 bits per heavy atom. The molecular weight excluding hydrogens is 350 g/mol. The summed E-state index contributed by atoms with van der Waals surface area (Å²) in [5.41, 5.74) is 0.929. The molecule has 0 fully saturated rings. The third kappa shape index (κ3) is 5.18. The van der Waals surface area contributed by atoms with Gasteiger partial charge in [-0.15, -0.1) is 0 Å². The minimum atomic E-state index is -0.845. The maximum absolute atomic E-state index is 11.2. The maximum Gasteiger partial charge on any atom is 0.320 e. The van der Waals surface area contributed by atoms with Crippen LogP contribution in [0.5, 0.6) is 11.5 Å². The third-order valence-corrected chi connectivity index (χ3v) is 3.90. The second kappa shape index (κ2) is 9.00. The van der Waals surface area contributed by atoms with Crippen molar-refractivity contribution in [2.24, 2.45) is 5.92 Å². The van der Waals surface area contributed by atoms with E-state index < -0.39 is 12.0 Å².